The largest absolute Gasteiger partial charge is 0.444 e. The summed E-state index contributed by atoms with van der Waals surface area (Å²) in [5.74, 6) is 0. The molecule has 0 aliphatic rings. The van der Waals surface area contributed by atoms with Crippen LogP contribution in [-0.4, -0.2) is 23.4 Å². The fourth-order valence-electron chi connectivity index (χ4n) is 1.56. The first-order valence-electron chi connectivity index (χ1n) is 6.04. The standard InChI is InChI=1S/C14H20BrNO3/c1-13(2,3)19-12(18)16-14(4,9-17)10-6-5-7-11(15)8-10/h5-8,17H,9H2,1-4H3,(H,16,18). The summed E-state index contributed by atoms with van der Waals surface area (Å²) in [7, 11) is 0. The number of halogens is 1. The molecule has 0 spiro atoms. The molecule has 0 saturated carbocycles. The molecule has 1 amide bonds. The number of carbonyl (C=O) groups excluding carboxylic acids is 1. The summed E-state index contributed by atoms with van der Waals surface area (Å²) in [5, 5.41) is 12.3. The van der Waals surface area contributed by atoms with Gasteiger partial charge in [-0.2, -0.15) is 0 Å². The Balaban J connectivity index is 2.90. The highest BCUT2D eigenvalue weighted by atomic mass is 79.9. The molecule has 4 nitrogen and oxygen atoms in total. The van der Waals surface area contributed by atoms with Crippen molar-refractivity contribution >= 4 is 22.0 Å². The summed E-state index contributed by atoms with van der Waals surface area (Å²) >= 11 is 3.37. The SMILES string of the molecule is CC(C)(C)OC(=O)NC(C)(CO)c1cccc(Br)c1. The van der Waals surface area contributed by atoms with Crippen LogP contribution >= 0.6 is 15.9 Å². The molecule has 0 radical (unpaired) electrons. The van der Waals surface area contributed by atoms with Gasteiger partial charge in [-0.05, 0) is 45.4 Å². The lowest BCUT2D eigenvalue weighted by Crippen LogP contribution is -2.48. The minimum Gasteiger partial charge on any atom is -0.444 e. The zero-order valence-corrected chi connectivity index (χ0v) is 13.2. The van der Waals surface area contributed by atoms with Gasteiger partial charge in [0.2, 0.25) is 0 Å². The van der Waals surface area contributed by atoms with E-state index < -0.39 is 17.2 Å². The summed E-state index contributed by atoms with van der Waals surface area (Å²) in [6.45, 7) is 6.91. The molecule has 0 saturated heterocycles. The molecule has 1 atom stereocenters. The second-order valence-corrected chi connectivity index (χ2v) is 6.54. The molecule has 19 heavy (non-hydrogen) atoms. The van der Waals surface area contributed by atoms with Crippen molar-refractivity contribution in [1.82, 2.24) is 5.32 Å². The molecule has 1 aromatic carbocycles. The minimum atomic E-state index is -0.883. The van der Waals surface area contributed by atoms with Crippen molar-refractivity contribution in [2.24, 2.45) is 0 Å². The van der Waals surface area contributed by atoms with E-state index in [2.05, 4.69) is 21.2 Å². The Labute approximate surface area is 122 Å². The van der Waals surface area contributed by atoms with Gasteiger partial charge in [-0.1, -0.05) is 28.1 Å². The molecule has 0 bridgehead atoms. The number of amides is 1. The quantitative estimate of drug-likeness (QED) is 0.895. The van der Waals surface area contributed by atoms with Crippen LogP contribution in [0.25, 0.3) is 0 Å². The first-order valence-corrected chi connectivity index (χ1v) is 6.84. The smallest absolute Gasteiger partial charge is 0.408 e. The van der Waals surface area contributed by atoms with E-state index in [1.54, 1.807) is 27.7 Å². The number of alkyl carbamates (subject to hydrolysis) is 1. The van der Waals surface area contributed by atoms with E-state index in [9.17, 15) is 9.90 Å². The lowest BCUT2D eigenvalue weighted by Gasteiger charge is -2.31. The van der Waals surface area contributed by atoms with Gasteiger partial charge in [0, 0.05) is 4.47 Å². The zero-order chi connectivity index (χ0) is 14.7. The Kier molecular flexibility index (Phi) is 4.98. The van der Waals surface area contributed by atoms with Crippen LogP contribution in [0.5, 0.6) is 0 Å². The number of ether oxygens (including phenoxy) is 1. The molecular weight excluding hydrogens is 310 g/mol. The molecule has 106 valence electrons. The third kappa shape index (κ3) is 4.84. The van der Waals surface area contributed by atoms with Gasteiger partial charge in [-0.3, -0.25) is 0 Å². The summed E-state index contributed by atoms with van der Waals surface area (Å²) < 4.78 is 6.10. The van der Waals surface area contributed by atoms with Crippen molar-refractivity contribution in [3.8, 4) is 0 Å². The van der Waals surface area contributed by atoms with Crippen molar-refractivity contribution < 1.29 is 14.6 Å². The minimum absolute atomic E-state index is 0.220. The topological polar surface area (TPSA) is 58.6 Å². The third-order valence-corrected chi connectivity index (χ3v) is 3.05. The Bertz CT molecular complexity index is 456. The number of hydrogen-bond acceptors (Lipinski definition) is 3. The van der Waals surface area contributed by atoms with Crippen LogP contribution in [0, 0.1) is 0 Å². The van der Waals surface area contributed by atoms with E-state index >= 15 is 0 Å². The number of nitrogens with one attached hydrogen (secondary N) is 1. The van der Waals surface area contributed by atoms with Gasteiger partial charge in [0.25, 0.3) is 0 Å². The second-order valence-electron chi connectivity index (χ2n) is 5.63. The van der Waals surface area contributed by atoms with E-state index in [4.69, 9.17) is 4.74 Å². The van der Waals surface area contributed by atoms with Crippen LogP contribution in [-0.2, 0) is 10.3 Å². The highest BCUT2D eigenvalue weighted by Gasteiger charge is 2.30. The van der Waals surface area contributed by atoms with E-state index in [1.165, 1.54) is 0 Å². The molecule has 0 aromatic heterocycles. The van der Waals surface area contributed by atoms with Gasteiger partial charge in [-0.25, -0.2) is 4.79 Å². The van der Waals surface area contributed by atoms with E-state index in [0.717, 1.165) is 10.0 Å². The van der Waals surface area contributed by atoms with E-state index in [-0.39, 0.29) is 6.61 Å². The van der Waals surface area contributed by atoms with Crippen LogP contribution in [0.1, 0.15) is 33.3 Å². The van der Waals surface area contributed by atoms with Crippen molar-refractivity contribution in [3.05, 3.63) is 34.3 Å². The number of benzene rings is 1. The maximum Gasteiger partial charge on any atom is 0.408 e. The number of aliphatic hydroxyl groups is 1. The molecular formula is C14H20BrNO3. The van der Waals surface area contributed by atoms with Crippen LogP contribution in [0.3, 0.4) is 0 Å². The highest BCUT2D eigenvalue weighted by Crippen LogP contribution is 2.24. The zero-order valence-electron chi connectivity index (χ0n) is 11.7. The molecule has 1 unspecified atom stereocenters. The van der Waals surface area contributed by atoms with E-state index in [1.807, 2.05) is 24.3 Å². The first-order chi connectivity index (χ1) is 8.66. The molecule has 0 fully saturated rings. The summed E-state index contributed by atoms with van der Waals surface area (Å²) in [6.07, 6.45) is -0.552. The molecule has 2 N–H and O–H groups in total. The van der Waals surface area contributed by atoms with Crippen LogP contribution < -0.4 is 5.32 Å². The van der Waals surface area contributed by atoms with Gasteiger partial charge in [-0.15, -0.1) is 0 Å². The van der Waals surface area contributed by atoms with Gasteiger partial charge in [0.05, 0.1) is 12.1 Å². The predicted molar refractivity (Wildman–Crippen MR) is 77.9 cm³/mol. The first kappa shape index (κ1) is 16.0. The van der Waals surface area contributed by atoms with E-state index in [0.29, 0.717) is 0 Å². The summed E-state index contributed by atoms with van der Waals surface area (Å²) in [6, 6.07) is 7.44. The van der Waals surface area contributed by atoms with Crippen LogP contribution in [0.15, 0.2) is 28.7 Å². The predicted octanol–water partition coefficient (Wildman–Crippen LogP) is 3.18. The highest BCUT2D eigenvalue weighted by molar-refractivity contribution is 9.10. The second kappa shape index (κ2) is 5.92. The Hall–Kier alpha value is -1.07. The monoisotopic (exact) mass is 329 g/mol. The van der Waals surface area contributed by atoms with Crippen LogP contribution in [0.2, 0.25) is 0 Å². The normalized spacial score (nSPS) is 14.6. The molecule has 0 aliphatic heterocycles. The molecule has 0 heterocycles. The maximum atomic E-state index is 11.8. The Morgan fingerprint density at radius 1 is 1.37 bits per heavy atom. The van der Waals surface area contributed by atoms with Gasteiger partial charge < -0.3 is 15.2 Å². The fraction of sp³-hybridized carbons (Fsp3) is 0.500. The summed E-state index contributed by atoms with van der Waals surface area (Å²) in [5.41, 5.74) is -0.653. The average molecular weight is 330 g/mol. The average Bonchev–Trinajstić information content (AvgIpc) is 2.26. The van der Waals surface area contributed by atoms with Crippen molar-refractivity contribution in [2.45, 2.75) is 38.8 Å². The van der Waals surface area contributed by atoms with Gasteiger partial charge >= 0.3 is 6.09 Å². The fourth-order valence-corrected chi connectivity index (χ4v) is 1.96. The molecule has 0 aliphatic carbocycles. The summed E-state index contributed by atoms with van der Waals surface area (Å²) in [4.78, 5) is 11.8. The van der Waals surface area contributed by atoms with Crippen molar-refractivity contribution in [2.75, 3.05) is 6.61 Å². The molecule has 5 heteroatoms. The number of carbonyl (C=O) groups is 1. The van der Waals surface area contributed by atoms with Gasteiger partial charge in [0.1, 0.15) is 5.60 Å². The number of aliphatic hydroxyl groups excluding tert-OH is 1. The van der Waals surface area contributed by atoms with Crippen LogP contribution in [0.4, 0.5) is 4.79 Å². The lowest BCUT2D eigenvalue weighted by atomic mass is 9.93. The third-order valence-electron chi connectivity index (χ3n) is 2.55. The Morgan fingerprint density at radius 3 is 2.47 bits per heavy atom. The number of hydrogen-bond donors (Lipinski definition) is 2. The van der Waals surface area contributed by atoms with Gasteiger partial charge in [0.15, 0.2) is 0 Å². The number of rotatable bonds is 3. The molecule has 1 rings (SSSR count). The lowest BCUT2D eigenvalue weighted by molar-refractivity contribution is 0.0411. The van der Waals surface area contributed by atoms with Crippen molar-refractivity contribution in [1.29, 1.82) is 0 Å². The molecule has 1 aromatic rings. The van der Waals surface area contributed by atoms with Crippen molar-refractivity contribution in [3.63, 3.8) is 0 Å². The Morgan fingerprint density at radius 2 is 2.00 bits per heavy atom. The maximum absolute atomic E-state index is 11.8.